The first-order chi connectivity index (χ1) is 9.85. The van der Waals surface area contributed by atoms with Gasteiger partial charge in [-0.2, -0.15) is 0 Å². The van der Waals surface area contributed by atoms with Gasteiger partial charge in [-0.1, -0.05) is 51.2 Å². The highest BCUT2D eigenvalue weighted by Crippen LogP contribution is 2.33. The molecule has 2 heteroatoms. The predicted molar refractivity (Wildman–Crippen MR) is 83.5 cm³/mol. The Kier molecular flexibility index (Phi) is 6.38. The molecule has 112 valence electrons. The van der Waals surface area contributed by atoms with Gasteiger partial charge in [0.05, 0.1) is 6.61 Å². The summed E-state index contributed by atoms with van der Waals surface area (Å²) in [6, 6.07) is 6.67. The Bertz CT molecular complexity index is 392. The van der Waals surface area contributed by atoms with Crippen LogP contribution in [0.2, 0.25) is 0 Å². The smallest absolute Gasteiger partial charge is 0.122 e. The van der Waals surface area contributed by atoms with Crippen LogP contribution in [0.4, 0.5) is 0 Å². The van der Waals surface area contributed by atoms with E-state index in [1.807, 2.05) is 0 Å². The third kappa shape index (κ3) is 4.24. The van der Waals surface area contributed by atoms with E-state index >= 15 is 0 Å². The molecule has 1 aromatic rings. The van der Waals surface area contributed by atoms with Crippen molar-refractivity contribution in [3.8, 4) is 5.75 Å². The average molecular weight is 276 g/mol. The maximum absolute atomic E-state index is 8.88. The summed E-state index contributed by atoms with van der Waals surface area (Å²) in [5.74, 6) is 1.67. The van der Waals surface area contributed by atoms with Gasteiger partial charge in [-0.3, -0.25) is 0 Å². The Morgan fingerprint density at radius 1 is 1.10 bits per heavy atom. The van der Waals surface area contributed by atoms with E-state index in [0.717, 1.165) is 18.1 Å². The van der Waals surface area contributed by atoms with Crippen molar-refractivity contribution in [3.63, 3.8) is 0 Å². The zero-order valence-electron chi connectivity index (χ0n) is 12.7. The van der Waals surface area contributed by atoms with E-state index in [1.54, 1.807) is 0 Å². The maximum atomic E-state index is 8.88. The van der Waals surface area contributed by atoms with Gasteiger partial charge < -0.3 is 9.84 Å². The van der Waals surface area contributed by atoms with Gasteiger partial charge in [0.25, 0.3) is 0 Å². The van der Waals surface area contributed by atoms with Crippen LogP contribution >= 0.6 is 0 Å². The Morgan fingerprint density at radius 2 is 1.80 bits per heavy atom. The standard InChI is InChI=1S/C18H28O2/c1-2-15-14-17(10-11-18(15)20-13-12-19)16-8-6-4-3-5-7-9-16/h10-11,14,16,19H,2-9,12-13H2,1H3. The highest BCUT2D eigenvalue weighted by Gasteiger charge is 2.15. The first kappa shape index (κ1) is 15.4. The molecule has 0 unspecified atom stereocenters. The summed E-state index contributed by atoms with van der Waals surface area (Å²) in [4.78, 5) is 0. The molecule has 0 aliphatic heterocycles. The van der Waals surface area contributed by atoms with E-state index in [-0.39, 0.29) is 6.61 Å². The van der Waals surface area contributed by atoms with Crippen LogP contribution in [0.25, 0.3) is 0 Å². The van der Waals surface area contributed by atoms with Crippen LogP contribution in [0.3, 0.4) is 0 Å². The van der Waals surface area contributed by atoms with Crippen molar-refractivity contribution in [1.82, 2.24) is 0 Å². The second-order valence-electron chi connectivity index (χ2n) is 5.83. The zero-order chi connectivity index (χ0) is 14.2. The van der Waals surface area contributed by atoms with Gasteiger partial charge >= 0.3 is 0 Å². The van der Waals surface area contributed by atoms with Crippen molar-refractivity contribution >= 4 is 0 Å². The molecule has 0 aromatic heterocycles. The number of hydrogen-bond acceptors (Lipinski definition) is 2. The molecular formula is C18H28O2. The molecule has 1 aliphatic rings. The zero-order valence-corrected chi connectivity index (χ0v) is 12.7. The lowest BCUT2D eigenvalue weighted by Gasteiger charge is -2.21. The lowest BCUT2D eigenvalue weighted by atomic mass is 9.85. The summed E-state index contributed by atoms with van der Waals surface area (Å²) >= 11 is 0. The fourth-order valence-corrected chi connectivity index (χ4v) is 3.22. The number of benzene rings is 1. The Labute approximate surface area is 123 Å². The van der Waals surface area contributed by atoms with Crippen molar-refractivity contribution in [2.75, 3.05) is 13.2 Å². The lowest BCUT2D eigenvalue weighted by Crippen LogP contribution is -2.06. The van der Waals surface area contributed by atoms with Crippen LogP contribution in [0.1, 0.15) is 68.9 Å². The molecule has 0 atom stereocenters. The number of hydrogen-bond donors (Lipinski definition) is 1. The van der Waals surface area contributed by atoms with Crippen molar-refractivity contribution in [1.29, 1.82) is 0 Å². The fraction of sp³-hybridized carbons (Fsp3) is 0.667. The van der Waals surface area contributed by atoms with Crippen molar-refractivity contribution in [2.24, 2.45) is 0 Å². The number of aliphatic hydroxyl groups is 1. The summed E-state index contributed by atoms with van der Waals surface area (Å²) in [5.41, 5.74) is 2.76. The molecule has 2 rings (SSSR count). The van der Waals surface area contributed by atoms with Crippen LogP contribution in [0, 0.1) is 0 Å². The highest BCUT2D eigenvalue weighted by atomic mass is 16.5. The van der Waals surface area contributed by atoms with Gasteiger partial charge in [-0.25, -0.2) is 0 Å². The Balaban J connectivity index is 2.10. The summed E-state index contributed by atoms with van der Waals surface area (Å²) in [7, 11) is 0. The van der Waals surface area contributed by atoms with Gasteiger partial charge in [0.1, 0.15) is 12.4 Å². The van der Waals surface area contributed by atoms with Crippen LogP contribution in [-0.4, -0.2) is 18.3 Å². The molecule has 0 spiro atoms. The molecule has 0 saturated heterocycles. The topological polar surface area (TPSA) is 29.5 Å². The van der Waals surface area contributed by atoms with Crippen molar-refractivity contribution in [2.45, 2.75) is 64.2 Å². The Hall–Kier alpha value is -1.02. The van der Waals surface area contributed by atoms with Gasteiger partial charge in [0.2, 0.25) is 0 Å². The minimum Gasteiger partial charge on any atom is -0.491 e. The SMILES string of the molecule is CCc1cc(C2CCCCCCC2)ccc1OCCO. The van der Waals surface area contributed by atoms with Crippen molar-refractivity contribution < 1.29 is 9.84 Å². The summed E-state index contributed by atoms with van der Waals surface area (Å²) < 4.78 is 5.61. The van der Waals surface area contributed by atoms with E-state index in [0.29, 0.717) is 6.61 Å². The molecule has 0 heterocycles. The van der Waals surface area contributed by atoms with Crippen LogP contribution in [0.5, 0.6) is 5.75 Å². The molecular weight excluding hydrogens is 248 g/mol. The third-order valence-electron chi connectivity index (χ3n) is 4.39. The summed E-state index contributed by atoms with van der Waals surface area (Å²) in [6.07, 6.45) is 10.6. The van der Waals surface area contributed by atoms with Crippen LogP contribution in [-0.2, 0) is 6.42 Å². The Morgan fingerprint density at radius 3 is 2.45 bits per heavy atom. The van der Waals surface area contributed by atoms with Gasteiger partial charge in [0, 0.05) is 0 Å². The molecule has 1 fully saturated rings. The second-order valence-corrected chi connectivity index (χ2v) is 5.83. The van der Waals surface area contributed by atoms with E-state index in [2.05, 4.69) is 25.1 Å². The molecule has 20 heavy (non-hydrogen) atoms. The van der Waals surface area contributed by atoms with Crippen molar-refractivity contribution in [3.05, 3.63) is 29.3 Å². The summed E-state index contributed by atoms with van der Waals surface area (Å²) in [5, 5.41) is 8.88. The molecule has 2 nitrogen and oxygen atoms in total. The minimum atomic E-state index is 0.0769. The van der Waals surface area contributed by atoms with E-state index in [1.165, 1.54) is 56.1 Å². The molecule has 1 aliphatic carbocycles. The quantitative estimate of drug-likeness (QED) is 0.861. The van der Waals surface area contributed by atoms with E-state index < -0.39 is 0 Å². The summed E-state index contributed by atoms with van der Waals surface area (Å²) in [6.45, 7) is 2.63. The number of ether oxygens (including phenoxy) is 1. The first-order valence-corrected chi connectivity index (χ1v) is 8.21. The highest BCUT2D eigenvalue weighted by molar-refractivity contribution is 5.38. The lowest BCUT2D eigenvalue weighted by molar-refractivity contribution is 0.200. The molecule has 1 aromatic carbocycles. The largest absolute Gasteiger partial charge is 0.491 e. The molecule has 1 saturated carbocycles. The molecule has 1 N–H and O–H groups in total. The van der Waals surface area contributed by atoms with Crippen LogP contribution in [0.15, 0.2) is 18.2 Å². The van der Waals surface area contributed by atoms with E-state index in [9.17, 15) is 0 Å². The molecule has 0 bridgehead atoms. The third-order valence-corrected chi connectivity index (χ3v) is 4.39. The normalized spacial score (nSPS) is 17.5. The number of aliphatic hydroxyl groups excluding tert-OH is 1. The number of rotatable bonds is 5. The molecule has 0 amide bonds. The predicted octanol–water partition coefficient (Wildman–Crippen LogP) is 4.45. The van der Waals surface area contributed by atoms with Gasteiger partial charge in [-0.05, 0) is 42.4 Å². The van der Waals surface area contributed by atoms with Gasteiger partial charge in [0.15, 0.2) is 0 Å². The monoisotopic (exact) mass is 276 g/mol. The second kappa shape index (κ2) is 8.31. The fourth-order valence-electron chi connectivity index (χ4n) is 3.22. The molecule has 0 radical (unpaired) electrons. The van der Waals surface area contributed by atoms with E-state index in [4.69, 9.17) is 9.84 Å². The average Bonchev–Trinajstić information content (AvgIpc) is 2.45. The van der Waals surface area contributed by atoms with Crippen LogP contribution < -0.4 is 4.74 Å². The minimum absolute atomic E-state index is 0.0769. The van der Waals surface area contributed by atoms with Gasteiger partial charge in [-0.15, -0.1) is 0 Å². The first-order valence-electron chi connectivity index (χ1n) is 8.21. The number of aryl methyl sites for hydroxylation is 1. The maximum Gasteiger partial charge on any atom is 0.122 e.